The van der Waals surface area contributed by atoms with Gasteiger partial charge in [-0.2, -0.15) is 13.2 Å². The zero-order valence-corrected chi connectivity index (χ0v) is 19.7. The predicted molar refractivity (Wildman–Crippen MR) is 126 cm³/mol. The number of carboxylic acids is 1. The van der Waals surface area contributed by atoms with Crippen molar-refractivity contribution in [2.24, 2.45) is 0 Å². The van der Waals surface area contributed by atoms with E-state index in [1.54, 1.807) is 37.3 Å². The number of sulfonamides is 1. The van der Waals surface area contributed by atoms with Crippen LogP contribution in [0.1, 0.15) is 34.2 Å². The van der Waals surface area contributed by atoms with Crippen molar-refractivity contribution in [3.63, 3.8) is 0 Å². The molecule has 1 atom stereocenters. The largest absolute Gasteiger partial charge is 0.481 e. The molecule has 3 aromatic carbocycles. The number of hydrogen-bond acceptors (Lipinski definition) is 3. The monoisotopic (exact) mass is 503 g/mol. The van der Waals surface area contributed by atoms with Crippen molar-refractivity contribution in [3.05, 3.63) is 88.5 Å². The fourth-order valence-electron chi connectivity index (χ4n) is 4.49. The van der Waals surface area contributed by atoms with Gasteiger partial charge in [-0.1, -0.05) is 48.5 Å². The number of aryl methyl sites for hydroxylation is 2. The number of nitrogens with one attached hydrogen (secondary N) is 1. The van der Waals surface area contributed by atoms with E-state index in [1.165, 1.54) is 6.07 Å². The van der Waals surface area contributed by atoms with Crippen molar-refractivity contribution in [3.8, 4) is 11.1 Å². The zero-order chi connectivity index (χ0) is 25.4. The van der Waals surface area contributed by atoms with Crippen LogP contribution in [0.25, 0.3) is 11.1 Å². The Kier molecular flexibility index (Phi) is 6.75. The second kappa shape index (κ2) is 9.47. The maximum Gasteiger partial charge on any atom is 0.417 e. The molecule has 3 aromatic rings. The second-order valence-electron chi connectivity index (χ2n) is 8.75. The summed E-state index contributed by atoms with van der Waals surface area (Å²) in [7, 11) is -4.46. The Morgan fingerprint density at radius 1 is 1.03 bits per heavy atom. The summed E-state index contributed by atoms with van der Waals surface area (Å²) in [6, 6.07) is 15.1. The molecular formula is C26H24F3NO4S. The Hall–Kier alpha value is -3.17. The summed E-state index contributed by atoms with van der Waals surface area (Å²) < 4.78 is 70.5. The van der Waals surface area contributed by atoms with Crippen molar-refractivity contribution >= 4 is 16.0 Å². The average molecular weight is 504 g/mol. The van der Waals surface area contributed by atoms with E-state index in [9.17, 15) is 26.4 Å². The molecule has 2 N–H and O–H groups in total. The Bertz CT molecular complexity index is 1380. The standard InChI is InChI=1S/C26H24F3NO4S/c1-16-4-2-3-5-22(16)19-9-10-24(23(15-19)26(27,28)29)35(33,34)30-21-13-18-8-6-17(7-11-25(31)32)12-20(18)14-21/h2-6,8-10,12,15,21,30H,7,11,13-14H2,1H3,(H,31,32). The van der Waals surface area contributed by atoms with Crippen LogP contribution in [0.15, 0.2) is 65.6 Å². The molecule has 1 aliphatic carbocycles. The van der Waals surface area contributed by atoms with Gasteiger partial charge in [0.2, 0.25) is 10.0 Å². The quantitative estimate of drug-likeness (QED) is 0.468. The van der Waals surface area contributed by atoms with Gasteiger partial charge in [0.1, 0.15) is 0 Å². The molecule has 35 heavy (non-hydrogen) atoms. The van der Waals surface area contributed by atoms with Crippen LogP contribution in [0.2, 0.25) is 0 Å². The molecule has 0 aromatic heterocycles. The van der Waals surface area contributed by atoms with E-state index in [1.807, 2.05) is 12.1 Å². The summed E-state index contributed by atoms with van der Waals surface area (Å²) in [5.41, 5.74) is 3.03. The third-order valence-electron chi connectivity index (χ3n) is 6.18. The van der Waals surface area contributed by atoms with Crippen molar-refractivity contribution in [1.82, 2.24) is 4.72 Å². The van der Waals surface area contributed by atoms with Gasteiger partial charge in [0.25, 0.3) is 0 Å². The summed E-state index contributed by atoms with van der Waals surface area (Å²) in [4.78, 5) is 10.0. The van der Waals surface area contributed by atoms with Crippen LogP contribution in [0.4, 0.5) is 13.2 Å². The molecule has 0 aliphatic heterocycles. The zero-order valence-electron chi connectivity index (χ0n) is 18.9. The maximum absolute atomic E-state index is 13.9. The molecule has 0 heterocycles. The molecular weight excluding hydrogens is 479 g/mol. The highest BCUT2D eigenvalue weighted by molar-refractivity contribution is 7.89. The maximum atomic E-state index is 13.9. The SMILES string of the molecule is Cc1ccccc1-c1ccc(S(=O)(=O)NC2Cc3ccc(CCC(=O)O)cc3C2)c(C(F)(F)F)c1. The molecule has 9 heteroatoms. The van der Waals surface area contributed by atoms with E-state index in [2.05, 4.69) is 4.72 Å². The normalized spacial score (nSPS) is 15.7. The number of carbonyl (C=O) groups is 1. The summed E-state index contributed by atoms with van der Waals surface area (Å²) in [6.45, 7) is 1.78. The van der Waals surface area contributed by atoms with Crippen molar-refractivity contribution < 1.29 is 31.5 Å². The number of aliphatic carboxylic acids is 1. The first-order chi connectivity index (χ1) is 16.4. The van der Waals surface area contributed by atoms with Crippen molar-refractivity contribution in [2.75, 3.05) is 0 Å². The van der Waals surface area contributed by atoms with Crippen LogP contribution in [-0.2, 0) is 40.3 Å². The Balaban J connectivity index is 1.59. The topological polar surface area (TPSA) is 83.5 Å². The number of rotatable bonds is 7. The average Bonchev–Trinajstić information content (AvgIpc) is 3.17. The van der Waals surface area contributed by atoms with Crippen LogP contribution >= 0.6 is 0 Å². The first-order valence-electron chi connectivity index (χ1n) is 11.1. The Labute approximate surface area is 201 Å². The van der Waals surface area contributed by atoms with Crippen LogP contribution in [0.3, 0.4) is 0 Å². The lowest BCUT2D eigenvalue weighted by Crippen LogP contribution is -2.36. The predicted octanol–water partition coefficient (Wildman–Crippen LogP) is 5.14. The lowest BCUT2D eigenvalue weighted by atomic mass is 9.99. The van der Waals surface area contributed by atoms with Gasteiger partial charge in [-0.05, 0) is 71.7 Å². The number of carboxylic acid groups (broad SMARTS) is 1. The molecule has 0 radical (unpaired) electrons. The number of benzene rings is 3. The summed E-state index contributed by atoms with van der Waals surface area (Å²) in [5.74, 6) is -0.912. The lowest BCUT2D eigenvalue weighted by Gasteiger charge is -2.18. The number of fused-ring (bicyclic) bond motifs is 1. The van der Waals surface area contributed by atoms with Gasteiger partial charge in [-0.25, -0.2) is 13.1 Å². The highest BCUT2D eigenvalue weighted by Gasteiger charge is 2.38. The third-order valence-corrected chi connectivity index (χ3v) is 7.76. The van der Waals surface area contributed by atoms with Crippen LogP contribution < -0.4 is 4.72 Å². The van der Waals surface area contributed by atoms with Gasteiger partial charge < -0.3 is 5.11 Å². The van der Waals surface area contributed by atoms with Crippen LogP contribution in [-0.4, -0.2) is 25.5 Å². The van der Waals surface area contributed by atoms with E-state index in [4.69, 9.17) is 5.11 Å². The molecule has 0 saturated carbocycles. The minimum absolute atomic E-state index is 0.0203. The van der Waals surface area contributed by atoms with Gasteiger partial charge >= 0.3 is 12.1 Å². The molecule has 5 nitrogen and oxygen atoms in total. The molecule has 1 aliphatic rings. The molecule has 0 fully saturated rings. The van der Waals surface area contributed by atoms with E-state index < -0.39 is 38.7 Å². The molecule has 0 spiro atoms. The highest BCUT2D eigenvalue weighted by atomic mass is 32.2. The highest BCUT2D eigenvalue weighted by Crippen LogP contribution is 2.38. The number of alkyl halides is 3. The van der Waals surface area contributed by atoms with E-state index >= 15 is 0 Å². The summed E-state index contributed by atoms with van der Waals surface area (Å²) in [5, 5.41) is 8.86. The second-order valence-corrected chi connectivity index (χ2v) is 10.4. The van der Waals surface area contributed by atoms with Gasteiger partial charge in [0.15, 0.2) is 0 Å². The van der Waals surface area contributed by atoms with Gasteiger partial charge in [-0.3, -0.25) is 4.79 Å². The first kappa shape index (κ1) is 24.9. The summed E-state index contributed by atoms with van der Waals surface area (Å²) in [6.07, 6.45) is -3.87. The molecule has 0 saturated heterocycles. The lowest BCUT2D eigenvalue weighted by molar-refractivity contribution is -0.140. The first-order valence-corrected chi connectivity index (χ1v) is 12.5. The van der Waals surface area contributed by atoms with Crippen LogP contribution in [0, 0.1) is 6.92 Å². The minimum atomic E-state index is -4.86. The van der Waals surface area contributed by atoms with Crippen molar-refractivity contribution in [1.29, 1.82) is 0 Å². The molecule has 1 unspecified atom stereocenters. The fraction of sp³-hybridized carbons (Fsp3) is 0.269. The molecule has 184 valence electrons. The van der Waals surface area contributed by atoms with E-state index in [0.717, 1.165) is 34.4 Å². The summed E-state index contributed by atoms with van der Waals surface area (Å²) >= 11 is 0. The fourth-order valence-corrected chi connectivity index (χ4v) is 5.94. The van der Waals surface area contributed by atoms with Gasteiger partial charge in [-0.15, -0.1) is 0 Å². The van der Waals surface area contributed by atoms with Gasteiger partial charge in [0, 0.05) is 12.5 Å². The van der Waals surface area contributed by atoms with E-state index in [-0.39, 0.29) is 12.0 Å². The van der Waals surface area contributed by atoms with Crippen LogP contribution in [0.5, 0.6) is 0 Å². The Morgan fingerprint density at radius 2 is 1.74 bits per heavy atom. The third kappa shape index (κ3) is 5.57. The molecule has 0 amide bonds. The number of hydrogen-bond donors (Lipinski definition) is 2. The number of halogens is 3. The van der Waals surface area contributed by atoms with E-state index in [0.29, 0.717) is 24.8 Å². The van der Waals surface area contributed by atoms with Gasteiger partial charge in [0.05, 0.1) is 10.5 Å². The minimum Gasteiger partial charge on any atom is -0.481 e. The van der Waals surface area contributed by atoms with Crippen molar-refractivity contribution in [2.45, 2.75) is 49.7 Å². The molecule has 4 rings (SSSR count). The Morgan fingerprint density at radius 3 is 2.43 bits per heavy atom. The molecule has 0 bridgehead atoms. The smallest absolute Gasteiger partial charge is 0.417 e.